The predicted octanol–water partition coefficient (Wildman–Crippen LogP) is 3.43. The lowest BCUT2D eigenvalue weighted by Gasteiger charge is -2.34. The summed E-state index contributed by atoms with van der Waals surface area (Å²) in [7, 11) is 0. The molecule has 0 saturated carbocycles. The quantitative estimate of drug-likeness (QED) is 0.663. The Morgan fingerprint density at radius 1 is 1.12 bits per heavy atom. The molecular formula is C21H35N3O2. The number of benzene rings is 1. The average molecular weight is 362 g/mol. The third-order valence-electron chi connectivity index (χ3n) is 4.87. The summed E-state index contributed by atoms with van der Waals surface area (Å²) in [4.78, 5) is 14.4. The van der Waals surface area contributed by atoms with Gasteiger partial charge in [0.05, 0.1) is 6.54 Å². The minimum atomic E-state index is -0.112. The van der Waals surface area contributed by atoms with Crippen molar-refractivity contribution in [1.29, 1.82) is 0 Å². The van der Waals surface area contributed by atoms with Crippen LogP contribution < -0.4 is 15.4 Å². The minimum absolute atomic E-state index is 0.112. The van der Waals surface area contributed by atoms with Crippen molar-refractivity contribution in [1.82, 2.24) is 15.5 Å². The van der Waals surface area contributed by atoms with Gasteiger partial charge in [0.1, 0.15) is 12.4 Å². The lowest BCUT2D eigenvalue weighted by Crippen LogP contribution is -2.40. The number of nitrogens with one attached hydrogen (secondary N) is 2. The maximum absolute atomic E-state index is 11.8. The Morgan fingerprint density at radius 3 is 2.54 bits per heavy atom. The Balaban J connectivity index is 1.47. The highest BCUT2D eigenvalue weighted by Gasteiger charge is 2.20. The summed E-state index contributed by atoms with van der Waals surface area (Å²) in [5, 5.41) is 5.76. The van der Waals surface area contributed by atoms with Crippen molar-refractivity contribution >= 4 is 6.03 Å². The van der Waals surface area contributed by atoms with E-state index < -0.39 is 0 Å². The highest BCUT2D eigenvalue weighted by Crippen LogP contribution is 2.21. The number of likely N-dealkylation sites (tertiary alicyclic amines) is 1. The van der Waals surface area contributed by atoms with Crippen LogP contribution in [0.15, 0.2) is 24.3 Å². The van der Waals surface area contributed by atoms with Crippen molar-refractivity contribution in [2.45, 2.75) is 40.0 Å². The van der Waals surface area contributed by atoms with Crippen LogP contribution in [0.25, 0.3) is 0 Å². The van der Waals surface area contributed by atoms with Crippen LogP contribution in [0.1, 0.15) is 38.7 Å². The van der Waals surface area contributed by atoms with Gasteiger partial charge in [-0.2, -0.15) is 0 Å². The Hall–Kier alpha value is -1.75. The van der Waals surface area contributed by atoms with Gasteiger partial charge in [0, 0.05) is 19.6 Å². The third kappa shape index (κ3) is 7.65. The topological polar surface area (TPSA) is 53.6 Å². The van der Waals surface area contributed by atoms with Crippen LogP contribution in [0.3, 0.4) is 0 Å². The summed E-state index contributed by atoms with van der Waals surface area (Å²) >= 11 is 0. The number of nitrogens with zero attached hydrogens (tertiary/aromatic N) is 1. The molecule has 2 rings (SSSR count). The molecule has 1 heterocycles. The van der Waals surface area contributed by atoms with Gasteiger partial charge in [-0.05, 0) is 56.2 Å². The van der Waals surface area contributed by atoms with Crippen molar-refractivity contribution in [3.63, 3.8) is 0 Å². The molecule has 0 aromatic heterocycles. The standard InChI is InChI=1S/C21H35N3O2/c1-17-14-18(2)16-24(15-17)12-7-6-10-22-21(25)23-11-13-26-20-9-5-4-8-19(20)3/h4-5,8-9,17-18H,6-7,10-16H2,1-3H3,(H2,22,23,25). The molecule has 1 aliphatic heterocycles. The highest BCUT2D eigenvalue weighted by atomic mass is 16.5. The molecule has 1 aromatic carbocycles. The number of urea groups is 1. The molecule has 1 aliphatic rings. The molecule has 2 atom stereocenters. The number of hydrogen-bond acceptors (Lipinski definition) is 3. The zero-order valence-corrected chi connectivity index (χ0v) is 16.6. The molecule has 2 N–H and O–H groups in total. The summed E-state index contributed by atoms with van der Waals surface area (Å²) in [5.74, 6) is 2.49. The Bertz CT molecular complexity index is 540. The van der Waals surface area contributed by atoms with E-state index in [1.54, 1.807) is 0 Å². The second kappa shape index (κ2) is 11.1. The number of aryl methyl sites for hydroxylation is 1. The molecule has 5 nitrogen and oxygen atoms in total. The number of amides is 2. The van der Waals surface area contributed by atoms with Crippen LogP contribution in [-0.4, -0.2) is 50.3 Å². The van der Waals surface area contributed by atoms with Crippen molar-refractivity contribution in [3.05, 3.63) is 29.8 Å². The number of piperidine rings is 1. The molecular weight excluding hydrogens is 326 g/mol. The molecule has 146 valence electrons. The van der Waals surface area contributed by atoms with E-state index in [0.29, 0.717) is 13.2 Å². The number of para-hydroxylation sites is 1. The molecule has 0 aliphatic carbocycles. The fraction of sp³-hybridized carbons (Fsp3) is 0.667. The van der Waals surface area contributed by atoms with Gasteiger partial charge in [0.15, 0.2) is 0 Å². The molecule has 0 bridgehead atoms. The summed E-state index contributed by atoms with van der Waals surface area (Å²) in [6.45, 7) is 12.0. The lowest BCUT2D eigenvalue weighted by molar-refractivity contribution is 0.139. The zero-order valence-electron chi connectivity index (χ0n) is 16.6. The molecule has 1 fully saturated rings. The first kappa shape index (κ1) is 20.6. The normalized spacial score (nSPS) is 20.6. The van der Waals surface area contributed by atoms with Crippen LogP contribution in [0.4, 0.5) is 4.79 Å². The zero-order chi connectivity index (χ0) is 18.8. The molecule has 2 unspecified atom stereocenters. The fourth-order valence-corrected chi connectivity index (χ4v) is 3.74. The monoisotopic (exact) mass is 361 g/mol. The number of ether oxygens (including phenoxy) is 1. The maximum Gasteiger partial charge on any atom is 0.314 e. The Labute approximate surface area is 158 Å². The summed E-state index contributed by atoms with van der Waals surface area (Å²) in [6, 6.07) is 7.78. The molecule has 1 saturated heterocycles. The average Bonchev–Trinajstić information content (AvgIpc) is 2.59. The van der Waals surface area contributed by atoms with Gasteiger partial charge in [-0.15, -0.1) is 0 Å². The lowest BCUT2D eigenvalue weighted by atomic mass is 9.92. The number of carbonyl (C=O) groups excluding carboxylic acids is 1. The number of unbranched alkanes of at least 4 members (excludes halogenated alkanes) is 1. The van der Waals surface area contributed by atoms with Gasteiger partial charge in [0.25, 0.3) is 0 Å². The first-order chi connectivity index (χ1) is 12.5. The van der Waals surface area contributed by atoms with E-state index in [2.05, 4.69) is 29.4 Å². The summed E-state index contributed by atoms with van der Waals surface area (Å²) < 4.78 is 5.67. The van der Waals surface area contributed by atoms with Gasteiger partial charge >= 0.3 is 6.03 Å². The Kier molecular flexibility index (Phi) is 8.75. The van der Waals surface area contributed by atoms with Crippen molar-refractivity contribution in [3.8, 4) is 5.75 Å². The van der Waals surface area contributed by atoms with E-state index in [1.807, 2.05) is 31.2 Å². The van der Waals surface area contributed by atoms with E-state index >= 15 is 0 Å². The van der Waals surface area contributed by atoms with Gasteiger partial charge in [-0.3, -0.25) is 0 Å². The number of carbonyl (C=O) groups is 1. The largest absolute Gasteiger partial charge is 0.491 e. The maximum atomic E-state index is 11.8. The van der Waals surface area contributed by atoms with Gasteiger partial charge < -0.3 is 20.3 Å². The van der Waals surface area contributed by atoms with Crippen LogP contribution in [0.2, 0.25) is 0 Å². The van der Waals surface area contributed by atoms with E-state index in [4.69, 9.17) is 4.74 Å². The first-order valence-corrected chi connectivity index (χ1v) is 9.97. The first-order valence-electron chi connectivity index (χ1n) is 9.97. The summed E-state index contributed by atoms with van der Waals surface area (Å²) in [5.41, 5.74) is 1.11. The second-order valence-electron chi connectivity index (χ2n) is 7.71. The molecule has 0 spiro atoms. The molecule has 5 heteroatoms. The van der Waals surface area contributed by atoms with Crippen LogP contribution in [0.5, 0.6) is 5.75 Å². The van der Waals surface area contributed by atoms with Crippen molar-refractivity contribution in [2.24, 2.45) is 11.8 Å². The van der Waals surface area contributed by atoms with Gasteiger partial charge in [-0.25, -0.2) is 4.79 Å². The Morgan fingerprint density at radius 2 is 1.81 bits per heavy atom. The molecule has 26 heavy (non-hydrogen) atoms. The van der Waals surface area contributed by atoms with Crippen molar-refractivity contribution < 1.29 is 9.53 Å². The molecule has 1 aromatic rings. The molecule has 0 radical (unpaired) electrons. The van der Waals surface area contributed by atoms with Crippen LogP contribution in [-0.2, 0) is 0 Å². The third-order valence-corrected chi connectivity index (χ3v) is 4.87. The predicted molar refractivity (Wildman–Crippen MR) is 107 cm³/mol. The smallest absolute Gasteiger partial charge is 0.314 e. The second-order valence-corrected chi connectivity index (χ2v) is 7.71. The fourth-order valence-electron chi connectivity index (χ4n) is 3.74. The van der Waals surface area contributed by atoms with E-state index in [1.165, 1.54) is 19.5 Å². The van der Waals surface area contributed by atoms with Gasteiger partial charge in [-0.1, -0.05) is 32.0 Å². The number of rotatable bonds is 9. The number of hydrogen-bond donors (Lipinski definition) is 2. The highest BCUT2D eigenvalue weighted by molar-refractivity contribution is 5.73. The van der Waals surface area contributed by atoms with E-state index in [9.17, 15) is 4.79 Å². The van der Waals surface area contributed by atoms with Gasteiger partial charge in [0.2, 0.25) is 0 Å². The van der Waals surface area contributed by atoms with Crippen LogP contribution >= 0.6 is 0 Å². The van der Waals surface area contributed by atoms with Crippen LogP contribution in [0, 0.1) is 18.8 Å². The summed E-state index contributed by atoms with van der Waals surface area (Å²) in [6.07, 6.45) is 3.51. The van der Waals surface area contributed by atoms with E-state index in [-0.39, 0.29) is 6.03 Å². The van der Waals surface area contributed by atoms with E-state index in [0.717, 1.165) is 49.1 Å². The molecule has 2 amide bonds. The van der Waals surface area contributed by atoms with Crippen molar-refractivity contribution in [2.75, 3.05) is 39.3 Å². The minimum Gasteiger partial charge on any atom is -0.491 e. The SMILES string of the molecule is Cc1ccccc1OCCNC(=O)NCCCCN1CC(C)CC(C)C1.